The Bertz CT molecular complexity index is 662. The number of hydrogen-bond donors (Lipinski definition) is 1. The van der Waals surface area contributed by atoms with Crippen LogP contribution in [0.15, 0.2) is 34.8 Å². The third-order valence-corrected chi connectivity index (χ3v) is 4.42. The van der Waals surface area contributed by atoms with E-state index in [0.717, 1.165) is 4.47 Å². The van der Waals surface area contributed by atoms with Crippen molar-refractivity contribution < 1.29 is 14.6 Å². The van der Waals surface area contributed by atoms with Gasteiger partial charge in [0.2, 0.25) is 0 Å². The van der Waals surface area contributed by atoms with Crippen molar-refractivity contribution in [1.29, 1.82) is 0 Å². The van der Waals surface area contributed by atoms with Gasteiger partial charge in [-0.1, -0.05) is 29.3 Å². The molecule has 2 rings (SSSR count). The highest BCUT2D eigenvalue weighted by molar-refractivity contribution is 9.10. The molecule has 0 aliphatic carbocycles. The molecule has 1 N–H and O–H groups in total. The number of aliphatic hydroxyl groups is 1. The molecule has 0 aromatic heterocycles. The van der Waals surface area contributed by atoms with Crippen molar-refractivity contribution in [2.24, 2.45) is 0 Å². The lowest BCUT2D eigenvalue weighted by molar-refractivity contribution is 0.214. The average molecular weight is 392 g/mol. The van der Waals surface area contributed by atoms with Gasteiger partial charge in [-0.3, -0.25) is 0 Å². The van der Waals surface area contributed by atoms with E-state index in [1.54, 1.807) is 44.6 Å². The van der Waals surface area contributed by atoms with E-state index in [1.807, 2.05) is 0 Å². The Labute approximate surface area is 141 Å². The molecule has 0 saturated heterocycles. The summed E-state index contributed by atoms with van der Waals surface area (Å²) < 4.78 is 11.3. The SMILES string of the molecule is COc1cc(C(O)c2ccc(Cl)c(Cl)c2)c(OC)cc1Br. The monoisotopic (exact) mass is 390 g/mol. The zero-order valence-corrected chi connectivity index (χ0v) is 14.5. The highest BCUT2D eigenvalue weighted by Gasteiger charge is 2.19. The lowest BCUT2D eigenvalue weighted by atomic mass is 10.0. The maximum Gasteiger partial charge on any atom is 0.133 e. The van der Waals surface area contributed by atoms with Crippen LogP contribution in [0, 0.1) is 0 Å². The van der Waals surface area contributed by atoms with Gasteiger partial charge in [-0.25, -0.2) is 0 Å². The van der Waals surface area contributed by atoms with Gasteiger partial charge in [-0.05, 0) is 45.8 Å². The molecule has 0 fully saturated rings. The fourth-order valence-corrected chi connectivity index (χ4v) is 2.75. The van der Waals surface area contributed by atoms with Crippen LogP contribution in [0.5, 0.6) is 11.5 Å². The van der Waals surface area contributed by atoms with Crippen molar-refractivity contribution in [1.82, 2.24) is 0 Å². The first-order valence-electron chi connectivity index (χ1n) is 6.02. The van der Waals surface area contributed by atoms with Gasteiger partial charge in [-0.2, -0.15) is 0 Å². The topological polar surface area (TPSA) is 38.7 Å². The molecule has 0 aliphatic heterocycles. The fourth-order valence-electron chi connectivity index (χ4n) is 1.96. The van der Waals surface area contributed by atoms with Gasteiger partial charge >= 0.3 is 0 Å². The Balaban J connectivity index is 2.50. The van der Waals surface area contributed by atoms with Crippen LogP contribution in [0.2, 0.25) is 10.0 Å². The molecule has 0 spiro atoms. The van der Waals surface area contributed by atoms with E-state index in [4.69, 9.17) is 32.7 Å². The third kappa shape index (κ3) is 3.46. The molecule has 21 heavy (non-hydrogen) atoms. The van der Waals surface area contributed by atoms with Crippen molar-refractivity contribution in [3.05, 3.63) is 56.0 Å². The third-order valence-electron chi connectivity index (χ3n) is 3.06. The normalized spacial score (nSPS) is 12.1. The summed E-state index contributed by atoms with van der Waals surface area (Å²) in [6.45, 7) is 0. The van der Waals surface area contributed by atoms with Crippen molar-refractivity contribution in [2.75, 3.05) is 14.2 Å². The molecule has 0 saturated carbocycles. The predicted octanol–water partition coefficient (Wildman–Crippen LogP) is 4.85. The van der Waals surface area contributed by atoms with Gasteiger partial charge in [0.05, 0.1) is 28.7 Å². The van der Waals surface area contributed by atoms with E-state index >= 15 is 0 Å². The molecule has 1 atom stereocenters. The molecule has 0 radical (unpaired) electrons. The van der Waals surface area contributed by atoms with Crippen LogP contribution in [0.25, 0.3) is 0 Å². The number of aliphatic hydroxyl groups excluding tert-OH is 1. The molecule has 0 heterocycles. The lowest BCUT2D eigenvalue weighted by Crippen LogP contribution is -2.03. The van der Waals surface area contributed by atoms with Crippen LogP contribution in [-0.2, 0) is 0 Å². The number of halogens is 3. The highest BCUT2D eigenvalue weighted by Crippen LogP contribution is 2.38. The first-order chi connectivity index (χ1) is 9.97. The summed E-state index contributed by atoms with van der Waals surface area (Å²) in [4.78, 5) is 0. The first-order valence-corrected chi connectivity index (χ1v) is 7.57. The Hall–Kier alpha value is -0.940. The van der Waals surface area contributed by atoms with Crippen LogP contribution in [0.1, 0.15) is 17.2 Å². The molecule has 0 bridgehead atoms. The quantitative estimate of drug-likeness (QED) is 0.809. The molecular weight excluding hydrogens is 379 g/mol. The highest BCUT2D eigenvalue weighted by atomic mass is 79.9. The van der Waals surface area contributed by atoms with Gasteiger partial charge in [0.25, 0.3) is 0 Å². The summed E-state index contributed by atoms with van der Waals surface area (Å²) >= 11 is 15.3. The molecule has 0 amide bonds. The average Bonchev–Trinajstić information content (AvgIpc) is 2.49. The lowest BCUT2D eigenvalue weighted by Gasteiger charge is -2.17. The second-order valence-corrected chi connectivity index (χ2v) is 5.97. The van der Waals surface area contributed by atoms with Crippen molar-refractivity contribution in [3.8, 4) is 11.5 Å². The Morgan fingerprint density at radius 1 is 1.00 bits per heavy atom. The zero-order valence-electron chi connectivity index (χ0n) is 11.4. The van der Waals surface area contributed by atoms with E-state index in [2.05, 4.69) is 15.9 Å². The molecular formula is C15H13BrCl2O3. The smallest absolute Gasteiger partial charge is 0.133 e. The number of ether oxygens (including phenoxy) is 2. The van der Waals surface area contributed by atoms with E-state index in [1.165, 1.54) is 0 Å². The molecule has 0 aliphatic rings. The number of rotatable bonds is 4. The summed E-state index contributed by atoms with van der Waals surface area (Å²) in [5.74, 6) is 1.14. The van der Waals surface area contributed by atoms with Crippen molar-refractivity contribution in [2.45, 2.75) is 6.10 Å². The van der Waals surface area contributed by atoms with Crippen LogP contribution >= 0.6 is 39.1 Å². The Kier molecular flexibility index (Phi) is 5.38. The summed E-state index contributed by atoms with van der Waals surface area (Å²) in [7, 11) is 3.10. The van der Waals surface area contributed by atoms with E-state index in [-0.39, 0.29) is 0 Å². The Morgan fingerprint density at radius 2 is 1.67 bits per heavy atom. The van der Waals surface area contributed by atoms with Crippen LogP contribution in [0.3, 0.4) is 0 Å². The summed E-state index contributed by atoms with van der Waals surface area (Å²) in [6.07, 6.45) is -0.906. The minimum atomic E-state index is -0.906. The minimum absolute atomic E-state index is 0.385. The maximum atomic E-state index is 10.6. The van der Waals surface area contributed by atoms with Gasteiger partial charge in [-0.15, -0.1) is 0 Å². The van der Waals surface area contributed by atoms with Gasteiger partial charge in [0.15, 0.2) is 0 Å². The summed E-state index contributed by atoms with van der Waals surface area (Å²) in [6, 6.07) is 8.45. The minimum Gasteiger partial charge on any atom is -0.496 e. The first kappa shape index (κ1) is 16.4. The van der Waals surface area contributed by atoms with Crippen LogP contribution < -0.4 is 9.47 Å². The summed E-state index contributed by atoms with van der Waals surface area (Å²) in [5, 5.41) is 11.4. The van der Waals surface area contributed by atoms with E-state index in [9.17, 15) is 5.11 Å². The van der Waals surface area contributed by atoms with Gasteiger partial charge in [0, 0.05) is 5.56 Å². The predicted molar refractivity (Wildman–Crippen MR) is 87.8 cm³/mol. The molecule has 1 unspecified atom stereocenters. The van der Waals surface area contributed by atoms with Crippen molar-refractivity contribution in [3.63, 3.8) is 0 Å². The Morgan fingerprint density at radius 3 is 2.24 bits per heavy atom. The zero-order chi connectivity index (χ0) is 15.6. The molecule has 112 valence electrons. The number of methoxy groups -OCH3 is 2. The number of benzene rings is 2. The van der Waals surface area contributed by atoms with Gasteiger partial charge in [0.1, 0.15) is 17.6 Å². The largest absolute Gasteiger partial charge is 0.496 e. The number of hydrogen-bond acceptors (Lipinski definition) is 3. The summed E-state index contributed by atoms with van der Waals surface area (Å²) in [5.41, 5.74) is 1.20. The fraction of sp³-hybridized carbons (Fsp3) is 0.200. The van der Waals surface area contributed by atoms with Crippen LogP contribution in [0.4, 0.5) is 0 Å². The molecule has 6 heteroatoms. The van der Waals surface area contributed by atoms with E-state index in [0.29, 0.717) is 32.7 Å². The van der Waals surface area contributed by atoms with E-state index < -0.39 is 6.10 Å². The second-order valence-electron chi connectivity index (χ2n) is 4.30. The van der Waals surface area contributed by atoms with Gasteiger partial charge < -0.3 is 14.6 Å². The molecule has 3 nitrogen and oxygen atoms in total. The van der Waals surface area contributed by atoms with Crippen molar-refractivity contribution >= 4 is 39.1 Å². The maximum absolute atomic E-state index is 10.6. The molecule has 2 aromatic rings. The second kappa shape index (κ2) is 6.88. The standard InChI is InChI=1S/C15H13BrCl2O3/c1-20-13-7-10(16)14(21-2)6-9(13)15(19)8-3-4-11(17)12(18)5-8/h3-7,15,19H,1-2H3. The molecule has 2 aromatic carbocycles. The van der Waals surface area contributed by atoms with Crippen LogP contribution in [-0.4, -0.2) is 19.3 Å².